The molecule has 0 aromatic carbocycles. The van der Waals surface area contributed by atoms with Crippen molar-refractivity contribution in [3.05, 3.63) is 11.6 Å². The number of allylic oxidation sites excluding steroid dienone is 1. The molecular formula is C15H27N3S. The molecule has 2 N–H and O–H groups in total. The van der Waals surface area contributed by atoms with Gasteiger partial charge in [0.05, 0.1) is 6.54 Å². The summed E-state index contributed by atoms with van der Waals surface area (Å²) < 4.78 is 0. The first-order chi connectivity index (χ1) is 9.09. The Hall–Kier alpha value is -0.640. The van der Waals surface area contributed by atoms with Gasteiger partial charge in [0.15, 0.2) is 5.96 Å². The van der Waals surface area contributed by atoms with E-state index >= 15 is 0 Å². The second-order valence-electron chi connectivity index (χ2n) is 6.13. The summed E-state index contributed by atoms with van der Waals surface area (Å²) in [5.41, 5.74) is 7.87. The zero-order valence-electron chi connectivity index (χ0n) is 12.3. The maximum Gasteiger partial charge on any atom is 0.191 e. The van der Waals surface area contributed by atoms with Crippen LogP contribution in [0.25, 0.3) is 0 Å². The van der Waals surface area contributed by atoms with Crippen molar-refractivity contribution in [2.45, 2.75) is 39.5 Å². The normalized spacial score (nSPS) is 22.3. The first kappa shape index (κ1) is 14.8. The van der Waals surface area contributed by atoms with Crippen molar-refractivity contribution in [2.75, 3.05) is 31.1 Å². The minimum atomic E-state index is 0.162. The maximum absolute atomic E-state index is 6.13. The van der Waals surface area contributed by atoms with E-state index in [1.165, 1.54) is 37.2 Å². The van der Waals surface area contributed by atoms with Crippen LogP contribution in [0.15, 0.2) is 16.6 Å². The van der Waals surface area contributed by atoms with Gasteiger partial charge in [0, 0.05) is 30.0 Å². The lowest BCUT2D eigenvalue weighted by Crippen LogP contribution is -2.43. The Morgan fingerprint density at radius 3 is 2.74 bits per heavy atom. The van der Waals surface area contributed by atoms with E-state index in [0.29, 0.717) is 0 Å². The topological polar surface area (TPSA) is 41.6 Å². The van der Waals surface area contributed by atoms with Crippen LogP contribution in [0.4, 0.5) is 0 Å². The van der Waals surface area contributed by atoms with Crippen LogP contribution >= 0.6 is 11.8 Å². The summed E-state index contributed by atoms with van der Waals surface area (Å²) >= 11 is 2.00. The summed E-state index contributed by atoms with van der Waals surface area (Å²) in [7, 11) is 0. The van der Waals surface area contributed by atoms with E-state index in [2.05, 4.69) is 29.8 Å². The molecule has 1 fully saturated rings. The SMILES string of the molecule is CC(C)(CN=C(N)N1CCSCC1)C1=CCCCC1. The van der Waals surface area contributed by atoms with Gasteiger partial charge in [0.1, 0.15) is 0 Å². The molecule has 0 unspecified atom stereocenters. The van der Waals surface area contributed by atoms with E-state index in [9.17, 15) is 0 Å². The minimum absolute atomic E-state index is 0.162. The van der Waals surface area contributed by atoms with Gasteiger partial charge in [-0.2, -0.15) is 11.8 Å². The van der Waals surface area contributed by atoms with E-state index in [1.54, 1.807) is 5.57 Å². The molecule has 1 aliphatic carbocycles. The maximum atomic E-state index is 6.13. The fourth-order valence-corrected chi connectivity index (χ4v) is 3.63. The highest BCUT2D eigenvalue weighted by atomic mass is 32.2. The van der Waals surface area contributed by atoms with E-state index in [4.69, 9.17) is 5.73 Å². The van der Waals surface area contributed by atoms with Crippen LogP contribution in [0.3, 0.4) is 0 Å². The Kier molecular flexibility index (Phi) is 5.20. The van der Waals surface area contributed by atoms with E-state index < -0.39 is 0 Å². The number of aliphatic imine (C=N–C) groups is 1. The second-order valence-corrected chi connectivity index (χ2v) is 7.36. The van der Waals surface area contributed by atoms with Gasteiger partial charge in [0.2, 0.25) is 0 Å². The predicted molar refractivity (Wildman–Crippen MR) is 85.7 cm³/mol. The van der Waals surface area contributed by atoms with Crippen molar-refractivity contribution < 1.29 is 0 Å². The third-order valence-electron chi connectivity index (χ3n) is 4.13. The molecule has 0 aromatic rings. The molecule has 1 saturated heterocycles. The van der Waals surface area contributed by atoms with Gasteiger partial charge in [-0.3, -0.25) is 4.99 Å². The van der Waals surface area contributed by atoms with Crippen molar-refractivity contribution in [1.29, 1.82) is 0 Å². The molecule has 19 heavy (non-hydrogen) atoms. The lowest BCUT2D eigenvalue weighted by Gasteiger charge is -2.31. The van der Waals surface area contributed by atoms with Crippen LogP contribution in [0.1, 0.15) is 39.5 Å². The third-order valence-corrected chi connectivity index (χ3v) is 5.07. The molecule has 0 bridgehead atoms. The highest BCUT2D eigenvalue weighted by molar-refractivity contribution is 7.99. The summed E-state index contributed by atoms with van der Waals surface area (Å²) in [5.74, 6) is 3.08. The Bertz CT molecular complexity index is 354. The minimum Gasteiger partial charge on any atom is -0.370 e. The molecule has 0 radical (unpaired) electrons. The van der Waals surface area contributed by atoms with Gasteiger partial charge in [0.25, 0.3) is 0 Å². The fraction of sp³-hybridized carbons (Fsp3) is 0.800. The highest BCUT2D eigenvalue weighted by Crippen LogP contribution is 2.34. The van der Waals surface area contributed by atoms with Crippen molar-refractivity contribution in [3.8, 4) is 0 Å². The summed E-state index contributed by atoms with van der Waals surface area (Å²) in [4.78, 5) is 6.89. The van der Waals surface area contributed by atoms with Crippen LogP contribution in [0, 0.1) is 5.41 Å². The molecule has 108 valence electrons. The van der Waals surface area contributed by atoms with Gasteiger partial charge >= 0.3 is 0 Å². The first-order valence-corrected chi connectivity index (χ1v) is 8.57. The molecule has 1 heterocycles. The molecule has 1 aliphatic heterocycles. The van der Waals surface area contributed by atoms with Crippen LogP contribution in [0.2, 0.25) is 0 Å². The summed E-state index contributed by atoms with van der Waals surface area (Å²) in [6, 6.07) is 0. The molecule has 2 rings (SSSR count). The van der Waals surface area contributed by atoms with E-state index in [1.807, 2.05) is 11.8 Å². The predicted octanol–water partition coefficient (Wildman–Crippen LogP) is 2.88. The zero-order valence-corrected chi connectivity index (χ0v) is 13.1. The Labute approximate surface area is 121 Å². The lowest BCUT2D eigenvalue weighted by molar-refractivity contribution is 0.414. The largest absolute Gasteiger partial charge is 0.370 e. The third kappa shape index (κ3) is 4.16. The van der Waals surface area contributed by atoms with E-state index in [-0.39, 0.29) is 5.41 Å². The number of hydrogen-bond acceptors (Lipinski definition) is 2. The van der Waals surface area contributed by atoms with Gasteiger partial charge in [-0.1, -0.05) is 25.5 Å². The van der Waals surface area contributed by atoms with E-state index in [0.717, 1.165) is 25.6 Å². The lowest BCUT2D eigenvalue weighted by atomic mass is 9.78. The number of rotatable bonds is 3. The number of guanidine groups is 1. The number of hydrogen-bond donors (Lipinski definition) is 1. The first-order valence-electron chi connectivity index (χ1n) is 7.42. The van der Waals surface area contributed by atoms with Crippen LogP contribution in [-0.4, -0.2) is 42.0 Å². The Balaban J connectivity index is 1.93. The van der Waals surface area contributed by atoms with Crippen molar-refractivity contribution in [3.63, 3.8) is 0 Å². The summed E-state index contributed by atoms with van der Waals surface area (Å²) in [5, 5.41) is 0. The van der Waals surface area contributed by atoms with Crippen LogP contribution < -0.4 is 5.73 Å². The van der Waals surface area contributed by atoms with Crippen molar-refractivity contribution in [2.24, 2.45) is 16.1 Å². The monoisotopic (exact) mass is 281 g/mol. The standard InChI is InChI=1S/C15H27N3S/c1-15(2,13-6-4-3-5-7-13)12-17-14(16)18-8-10-19-11-9-18/h6H,3-5,7-12H2,1-2H3,(H2,16,17). The second kappa shape index (κ2) is 6.69. The van der Waals surface area contributed by atoms with Crippen molar-refractivity contribution in [1.82, 2.24) is 4.90 Å². The highest BCUT2D eigenvalue weighted by Gasteiger charge is 2.24. The molecule has 0 aromatic heterocycles. The molecule has 0 saturated carbocycles. The molecule has 2 aliphatic rings. The molecule has 4 heteroatoms. The summed E-state index contributed by atoms with van der Waals surface area (Å²) in [6.07, 6.45) is 7.57. The number of nitrogens with zero attached hydrogens (tertiary/aromatic N) is 2. The van der Waals surface area contributed by atoms with Crippen LogP contribution in [0.5, 0.6) is 0 Å². The quantitative estimate of drug-likeness (QED) is 0.491. The Morgan fingerprint density at radius 1 is 1.37 bits per heavy atom. The van der Waals surface area contributed by atoms with Crippen molar-refractivity contribution >= 4 is 17.7 Å². The molecular weight excluding hydrogens is 254 g/mol. The van der Waals surface area contributed by atoms with Crippen LogP contribution in [-0.2, 0) is 0 Å². The number of nitrogens with two attached hydrogens (primary N) is 1. The zero-order chi connectivity index (χ0) is 13.7. The molecule has 0 amide bonds. The molecule has 0 spiro atoms. The Morgan fingerprint density at radius 2 is 2.11 bits per heavy atom. The van der Waals surface area contributed by atoms with Gasteiger partial charge in [-0.05, 0) is 25.7 Å². The number of thioether (sulfide) groups is 1. The van der Waals surface area contributed by atoms with Gasteiger partial charge < -0.3 is 10.6 Å². The smallest absolute Gasteiger partial charge is 0.191 e. The average Bonchev–Trinajstić information content (AvgIpc) is 2.47. The molecule has 3 nitrogen and oxygen atoms in total. The van der Waals surface area contributed by atoms with Gasteiger partial charge in [-0.15, -0.1) is 0 Å². The molecule has 0 atom stereocenters. The van der Waals surface area contributed by atoms with Gasteiger partial charge in [-0.25, -0.2) is 0 Å². The fourth-order valence-electron chi connectivity index (χ4n) is 2.73. The summed E-state index contributed by atoms with van der Waals surface area (Å²) in [6.45, 7) is 7.50. The average molecular weight is 281 g/mol.